The Kier molecular flexibility index (Phi) is 4.23. The van der Waals surface area contributed by atoms with Crippen LogP contribution in [0.5, 0.6) is 0 Å². The number of aromatic nitrogens is 2. The molecule has 23 heavy (non-hydrogen) atoms. The Balaban J connectivity index is 1.79. The highest BCUT2D eigenvalue weighted by Gasteiger charge is 2.23. The topological polar surface area (TPSA) is 72.4 Å². The van der Waals surface area contributed by atoms with Gasteiger partial charge in [0.15, 0.2) is 5.76 Å². The van der Waals surface area contributed by atoms with E-state index in [0.29, 0.717) is 17.5 Å². The van der Waals surface area contributed by atoms with E-state index in [9.17, 15) is 4.79 Å². The van der Waals surface area contributed by atoms with Crippen LogP contribution in [0.1, 0.15) is 30.3 Å². The van der Waals surface area contributed by atoms with Gasteiger partial charge in [0.2, 0.25) is 11.7 Å². The predicted octanol–water partition coefficient (Wildman–Crippen LogP) is 3.38. The highest BCUT2D eigenvalue weighted by Crippen LogP contribution is 2.17. The summed E-state index contributed by atoms with van der Waals surface area (Å²) in [7, 11) is 0. The lowest BCUT2D eigenvalue weighted by molar-refractivity contribution is 0.0634. The highest BCUT2D eigenvalue weighted by atomic mass is 16.5. The molecule has 6 heteroatoms. The number of carbonyl (C=O) groups excluding carboxylic acids is 1. The maximum atomic E-state index is 12.5. The van der Waals surface area contributed by atoms with Gasteiger partial charge in [-0.25, -0.2) is 0 Å². The summed E-state index contributed by atoms with van der Waals surface area (Å²) in [6, 6.07) is 12.9. The summed E-state index contributed by atoms with van der Waals surface area (Å²) in [5.41, 5.74) is 0.871. The standard InChI is InChI=1S/C17H17N3O3/c1-12(2)20(17(21)14-9-6-10-22-14)11-15-18-16(19-23-15)13-7-4-3-5-8-13/h3-10,12H,11H2,1-2H3. The number of carbonyl (C=O) groups is 1. The molecule has 2 aromatic heterocycles. The van der Waals surface area contributed by atoms with E-state index in [4.69, 9.17) is 8.94 Å². The van der Waals surface area contributed by atoms with Gasteiger partial charge in [-0.3, -0.25) is 4.79 Å². The molecule has 0 aliphatic rings. The molecule has 0 bridgehead atoms. The van der Waals surface area contributed by atoms with Crippen LogP contribution in [0.15, 0.2) is 57.7 Å². The normalized spacial score (nSPS) is 10.9. The summed E-state index contributed by atoms with van der Waals surface area (Å²) in [6.07, 6.45) is 1.48. The summed E-state index contributed by atoms with van der Waals surface area (Å²) >= 11 is 0. The molecule has 0 atom stereocenters. The van der Waals surface area contributed by atoms with Crippen molar-refractivity contribution in [3.05, 3.63) is 60.4 Å². The predicted molar refractivity (Wildman–Crippen MR) is 83.5 cm³/mol. The van der Waals surface area contributed by atoms with Crippen LogP contribution in [-0.2, 0) is 6.54 Å². The zero-order chi connectivity index (χ0) is 16.2. The van der Waals surface area contributed by atoms with Crippen LogP contribution >= 0.6 is 0 Å². The molecule has 0 saturated carbocycles. The van der Waals surface area contributed by atoms with E-state index in [1.807, 2.05) is 44.2 Å². The van der Waals surface area contributed by atoms with Gasteiger partial charge in [-0.2, -0.15) is 4.98 Å². The van der Waals surface area contributed by atoms with Crippen LogP contribution in [0.4, 0.5) is 0 Å². The molecule has 0 radical (unpaired) electrons. The van der Waals surface area contributed by atoms with Crippen molar-refractivity contribution in [3.63, 3.8) is 0 Å². The molecule has 0 spiro atoms. The van der Waals surface area contributed by atoms with Gasteiger partial charge in [-0.05, 0) is 26.0 Å². The second kappa shape index (κ2) is 6.48. The molecule has 0 unspecified atom stereocenters. The minimum Gasteiger partial charge on any atom is -0.459 e. The third kappa shape index (κ3) is 3.31. The van der Waals surface area contributed by atoms with E-state index in [0.717, 1.165) is 5.56 Å². The lowest BCUT2D eigenvalue weighted by Gasteiger charge is -2.23. The minimum atomic E-state index is -0.204. The Labute approximate surface area is 133 Å². The minimum absolute atomic E-state index is 0.0281. The average Bonchev–Trinajstić information content (AvgIpc) is 3.24. The number of amides is 1. The van der Waals surface area contributed by atoms with E-state index in [-0.39, 0.29) is 18.5 Å². The van der Waals surface area contributed by atoms with Gasteiger partial charge in [-0.15, -0.1) is 0 Å². The van der Waals surface area contributed by atoms with E-state index in [1.54, 1.807) is 17.0 Å². The van der Waals surface area contributed by atoms with E-state index >= 15 is 0 Å². The Bertz CT molecular complexity index is 764. The van der Waals surface area contributed by atoms with Crippen LogP contribution in [0.3, 0.4) is 0 Å². The van der Waals surface area contributed by atoms with Gasteiger partial charge in [0.1, 0.15) is 6.54 Å². The Morgan fingerprint density at radius 1 is 1.17 bits per heavy atom. The molecule has 0 aliphatic carbocycles. The molecule has 6 nitrogen and oxygen atoms in total. The second-order valence-corrected chi connectivity index (χ2v) is 5.38. The van der Waals surface area contributed by atoms with E-state index in [1.165, 1.54) is 6.26 Å². The Hall–Kier alpha value is -2.89. The van der Waals surface area contributed by atoms with Crippen LogP contribution in [0.25, 0.3) is 11.4 Å². The molecule has 2 heterocycles. The van der Waals surface area contributed by atoms with Gasteiger partial charge in [-0.1, -0.05) is 35.5 Å². The van der Waals surface area contributed by atoms with Gasteiger partial charge in [0.05, 0.1) is 6.26 Å². The molecule has 3 rings (SSSR count). The number of furan rings is 1. The van der Waals surface area contributed by atoms with Crippen molar-refractivity contribution in [2.45, 2.75) is 26.4 Å². The summed E-state index contributed by atoms with van der Waals surface area (Å²) < 4.78 is 10.5. The first kappa shape index (κ1) is 15.0. The Morgan fingerprint density at radius 2 is 1.96 bits per heavy atom. The van der Waals surface area contributed by atoms with Crippen LogP contribution in [0, 0.1) is 0 Å². The zero-order valence-corrected chi connectivity index (χ0v) is 13.0. The van der Waals surface area contributed by atoms with Crippen molar-refractivity contribution in [1.82, 2.24) is 15.0 Å². The number of nitrogens with zero attached hydrogens (tertiary/aromatic N) is 3. The van der Waals surface area contributed by atoms with Gasteiger partial charge in [0.25, 0.3) is 5.91 Å². The first-order chi connectivity index (χ1) is 11.1. The summed E-state index contributed by atoms with van der Waals surface area (Å²) in [4.78, 5) is 18.5. The fraction of sp³-hybridized carbons (Fsp3) is 0.235. The molecule has 1 aromatic carbocycles. The molecule has 0 saturated heterocycles. The molecular weight excluding hydrogens is 294 g/mol. The number of hydrogen-bond donors (Lipinski definition) is 0. The number of rotatable bonds is 5. The van der Waals surface area contributed by atoms with Gasteiger partial charge >= 0.3 is 0 Å². The summed E-state index contributed by atoms with van der Waals surface area (Å²) in [6.45, 7) is 4.08. The first-order valence-electron chi connectivity index (χ1n) is 7.37. The summed E-state index contributed by atoms with van der Waals surface area (Å²) in [5.74, 6) is 0.984. The smallest absolute Gasteiger partial charge is 0.290 e. The zero-order valence-electron chi connectivity index (χ0n) is 13.0. The molecule has 118 valence electrons. The van der Waals surface area contributed by atoms with E-state index in [2.05, 4.69) is 10.1 Å². The van der Waals surface area contributed by atoms with Crippen molar-refractivity contribution in [3.8, 4) is 11.4 Å². The SMILES string of the molecule is CC(C)N(Cc1nc(-c2ccccc2)no1)C(=O)c1ccco1. The van der Waals surface area contributed by atoms with Crippen molar-refractivity contribution in [2.75, 3.05) is 0 Å². The lowest BCUT2D eigenvalue weighted by Crippen LogP contribution is -2.36. The monoisotopic (exact) mass is 311 g/mol. The Morgan fingerprint density at radius 3 is 2.61 bits per heavy atom. The van der Waals surface area contributed by atoms with Crippen molar-refractivity contribution in [1.29, 1.82) is 0 Å². The molecule has 1 amide bonds. The number of benzene rings is 1. The third-order valence-corrected chi connectivity index (χ3v) is 3.42. The molecule has 0 N–H and O–H groups in total. The fourth-order valence-electron chi connectivity index (χ4n) is 2.20. The largest absolute Gasteiger partial charge is 0.459 e. The van der Waals surface area contributed by atoms with Crippen LogP contribution in [-0.4, -0.2) is 27.0 Å². The van der Waals surface area contributed by atoms with Crippen LogP contribution < -0.4 is 0 Å². The molecule has 3 aromatic rings. The van der Waals surface area contributed by atoms with Gasteiger partial charge in [0, 0.05) is 11.6 Å². The van der Waals surface area contributed by atoms with Crippen molar-refractivity contribution < 1.29 is 13.7 Å². The molecule has 0 fully saturated rings. The van der Waals surface area contributed by atoms with Crippen LogP contribution in [0.2, 0.25) is 0 Å². The maximum absolute atomic E-state index is 12.5. The summed E-state index contributed by atoms with van der Waals surface area (Å²) in [5, 5.41) is 3.97. The quantitative estimate of drug-likeness (QED) is 0.722. The second-order valence-electron chi connectivity index (χ2n) is 5.38. The highest BCUT2D eigenvalue weighted by molar-refractivity contribution is 5.91. The fourth-order valence-corrected chi connectivity index (χ4v) is 2.20. The molecular formula is C17H17N3O3. The number of hydrogen-bond acceptors (Lipinski definition) is 5. The average molecular weight is 311 g/mol. The van der Waals surface area contributed by atoms with Gasteiger partial charge < -0.3 is 13.8 Å². The van der Waals surface area contributed by atoms with E-state index < -0.39 is 0 Å². The van der Waals surface area contributed by atoms with Crippen molar-refractivity contribution in [2.24, 2.45) is 0 Å². The molecule has 0 aliphatic heterocycles. The first-order valence-corrected chi connectivity index (χ1v) is 7.37. The third-order valence-electron chi connectivity index (χ3n) is 3.42. The lowest BCUT2D eigenvalue weighted by atomic mass is 10.2. The van der Waals surface area contributed by atoms with Crippen molar-refractivity contribution >= 4 is 5.91 Å². The maximum Gasteiger partial charge on any atom is 0.290 e.